The van der Waals surface area contributed by atoms with E-state index in [2.05, 4.69) is 41.2 Å². The van der Waals surface area contributed by atoms with Crippen molar-refractivity contribution in [1.82, 2.24) is 19.8 Å². The molecule has 2 aliphatic heterocycles. The highest BCUT2D eigenvalue weighted by molar-refractivity contribution is 5.96. The van der Waals surface area contributed by atoms with Gasteiger partial charge in [-0.1, -0.05) is 26.8 Å². The number of benzene rings is 2. The number of aromatic nitrogens is 2. The molecule has 3 aliphatic carbocycles. The molecule has 3 heterocycles. The average Bonchev–Trinajstić information content (AvgIpc) is 3.12. The zero-order valence-electron chi connectivity index (χ0n) is 29.1. The first-order valence-corrected chi connectivity index (χ1v) is 17.7. The third kappa shape index (κ3) is 6.61. The first-order chi connectivity index (χ1) is 23.7. The van der Waals surface area contributed by atoms with E-state index in [1.807, 2.05) is 12.1 Å². The predicted molar refractivity (Wildman–Crippen MR) is 189 cm³/mol. The van der Waals surface area contributed by atoms with Crippen LogP contribution >= 0.6 is 0 Å². The van der Waals surface area contributed by atoms with E-state index in [0.717, 1.165) is 18.1 Å². The van der Waals surface area contributed by atoms with Gasteiger partial charge in [-0.2, -0.15) is 0 Å². The summed E-state index contributed by atoms with van der Waals surface area (Å²) in [6.45, 7) is 11.1. The van der Waals surface area contributed by atoms with Crippen LogP contribution in [0.15, 0.2) is 46.2 Å². The van der Waals surface area contributed by atoms with Gasteiger partial charge in [0, 0.05) is 51.0 Å². The molecule has 8 rings (SSSR count). The van der Waals surface area contributed by atoms with Crippen LogP contribution < -0.4 is 25.8 Å². The third-order valence-corrected chi connectivity index (χ3v) is 11.7. The number of morpholine rings is 1. The summed E-state index contributed by atoms with van der Waals surface area (Å²) in [7, 11) is 1.50. The molecule has 0 radical (unpaired) electrons. The second kappa shape index (κ2) is 13.9. The van der Waals surface area contributed by atoms with Gasteiger partial charge in [0.05, 0.1) is 43.3 Å². The molecule has 1 unspecified atom stereocenters. The fourth-order valence-electron chi connectivity index (χ4n) is 8.48. The fourth-order valence-corrected chi connectivity index (χ4v) is 8.48. The largest absolute Gasteiger partial charge is 0.497 e. The minimum Gasteiger partial charge on any atom is -0.497 e. The minimum absolute atomic E-state index is 0.174. The number of nitrogens with zero attached hydrogens (tertiary/aromatic N) is 5. The molecule has 5 aliphatic rings. The van der Waals surface area contributed by atoms with Crippen LogP contribution in [0, 0.1) is 29.0 Å². The van der Waals surface area contributed by atoms with Crippen LogP contribution in [0.5, 0.6) is 5.75 Å². The average molecular weight is 678 g/mol. The zero-order valence-corrected chi connectivity index (χ0v) is 29.1. The SMILES string of the molecule is COc1ccc(CCn2c(N3CCOCC3)nc3cc(NC(=NC4C[C@H]5C[C@@H]([C@@H]4C)C5(C)C)N4CCN[C@@H](CF)C4)ccc3c2=O)c(F)c1. The molecule has 264 valence electrons. The highest BCUT2D eigenvalue weighted by atomic mass is 19.1. The molecular weight excluding hydrogens is 628 g/mol. The highest BCUT2D eigenvalue weighted by Crippen LogP contribution is 2.61. The number of aliphatic imine (C=N–C) groups is 1. The Hall–Kier alpha value is -3.77. The number of hydrogen-bond acceptors (Lipinski definition) is 7. The van der Waals surface area contributed by atoms with Crippen molar-refractivity contribution in [2.45, 2.75) is 58.7 Å². The lowest BCUT2D eigenvalue weighted by Gasteiger charge is -2.61. The van der Waals surface area contributed by atoms with Gasteiger partial charge in [-0.05, 0) is 72.3 Å². The fraction of sp³-hybridized carbons (Fsp3) is 0.595. The van der Waals surface area contributed by atoms with E-state index in [0.29, 0.717) is 104 Å². The molecular formula is C37H49F2N7O3. The molecule has 49 heavy (non-hydrogen) atoms. The van der Waals surface area contributed by atoms with Gasteiger partial charge in [-0.15, -0.1) is 0 Å². The lowest BCUT2D eigenvalue weighted by Crippen LogP contribution is -2.58. The Labute approximate surface area is 286 Å². The Kier molecular flexibility index (Phi) is 9.54. The molecule has 5 fully saturated rings. The summed E-state index contributed by atoms with van der Waals surface area (Å²) in [4.78, 5) is 28.7. The number of nitrogens with one attached hydrogen (secondary N) is 2. The molecule has 3 saturated carbocycles. The molecule has 0 amide bonds. The summed E-state index contributed by atoms with van der Waals surface area (Å²) in [6, 6.07) is 10.3. The second-order valence-corrected chi connectivity index (χ2v) is 14.8. The molecule has 3 aromatic rings. The molecule has 2 N–H and O–H groups in total. The van der Waals surface area contributed by atoms with Gasteiger partial charge in [-0.25, -0.2) is 18.8 Å². The van der Waals surface area contributed by atoms with Gasteiger partial charge in [0.1, 0.15) is 18.2 Å². The summed E-state index contributed by atoms with van der Waals surface area (Å²) in [5.41, 5.74) is 2.02. The maximum Gasteiger partial charge on any atom is 0.262 e. The van der Waals surface area contributed by atoms with Crippen LogP contribution in [-0.4, -0.2) is 92.2 Å². The van der Waals surface area contributed by atoms with Crippen molar-refractivity contribution in [3.63, 3.8) is 0 Å². The third-order valence-electron chi connectivity index (χ3n) is 11.7. The van der Waals surface area contributed by atoms with Crippen molar-refractivity contribution < 1.29 is 18.3 Å². The molecule has 5 atom stereocenters. The summed E-state index contributed by atoms with van der Waals surface area (Å²) in [5, 5.41) is 7.35. The number of hydrogen-bond donors (Lipinski definition) is 2. The number of aryl methyl sites for hydroxylation is 1. The number of ether oxygens (including phenoxy) is 2. The van der Waals surface area contributed by atoms with Crippen LogP contribution in [0.3, 0.4) is 0 Å². The lowest BCUT2D eigenvalue weighted by molar-refractivity contribution is -0.108. The maximum absolute atomic E-state index is 14.8. The molecule has 2 saturated heterocycles. The van der Waals surface area contributed by atoms with E-state index in [9.17, 15) is 13.6 Å². The predicted octanol–water partition coefficient (Wildman–Crippen LogP) is 4.71. The standard InChI is InChI=1S/C37H49F2N7O3/c1-23-30-17-25(37(30,2)3)18-32(23)42-35(45-12-10-40-27(21-38)22-45)41-26-6-8-29-33(19-26)43-36(44-13-15-49-16-14-44)46(34(29)47)11-9-24-5-7-28(48-4)20-31(24)39/h5-8,19-20,23,25,27,30,32,40H,9-18,21-22H2,1-4H3,(H,41,42)/t23-,25+,27-,30-,32?/m0/s1. The number of halogens is 2. The first-order valence-electron chi connectivity index (χ1n) is 17.7. The van der Waals surface area contributed by atoms with Crippen molar-refractivity contribution >= 4 is 28.5 Å². The van der Waals surface area contributed by atoms with E-state index in [4.69, 9.17) is 19.5 Å². The van der Waals surface area contributed by atoms with Gasteiger partial charge in [0.25, 0.3) is 5.56 Å². The molecule has 0 spiro atoms. The maximum atomic E-state index is 14.8. The van der Waals surface area contributed by atoms with Gasteiger partial charge in [-0.3, -0.25) is 9.36 Å². The van der Waals surface area contributed by atoms with Gasteiger partial charge in [0.15, 0.2) is 5.96 Å². The van der Waals surface area contributed by atoms with Crippen molar-refractivity contribution in [1.29, 1.82) is 0 Å². The van der Waals surface area contributed by atoms with Crippen LogP contribution in [0.25, 0.3) is 10.9 Å². The van der Waals surface area contributed by atoms with Crippen molar-refractivity contribution in [3.8, 4) is 5.75 Å². The number of fused-ring (bicyclic) bond motifs is 3. The van der Waals surface area contributed by atoms with Crippen LogP contribution in [-0.2, 0) is 17.7 Å². The number of anilines is 2. The topological polar surface area (TPSA) is 96.2 Å². The lowest BCUT2D eigenvalue weighted by atomic mass is 9.45. The Morgan fingerprint density at radius 3 is 2.69 bits per heavy atom. The van der Waals surface area contributed by atoms with Crippen molar-refractivity contribution in [3.05, 3.63) is 58.1 Å². The number of alkyl halides is 1. The normalized spacial score (nSPS) is 26.8. The Morgan fingerprint density at radius 2 is 1.98 bits per heavy atom. The molecule has 1 aromatic heterocycles. The Balaban J connectivity index is 1.21. The van der Waals surface area contributed by atoms with E-state index < -0.39 is 6.67 Å². The van der Waals surface area contributed by atoms with Crippen LogP contribution in [0.1, 0.15) is 39.2 Å². The highest BCUT2D eigenvalue weighted by Gasteiger charge is 2.56. The van der Waals surface area contributed by atoms with Crippen molar-refractivity contribution in [2.75, 3.05) is 69.9 Å². The Bertz CT molecular complexity index is 1760. The summed E-state index contributed by atoms with van der Waals surface area (Å²) in [5.74, 6) is 3.14. The minimum atomic E-state index is -0.441. The smallest absolute Gasteiger partial charge is 0.262 e. The van der Waals surface area contributed by atoms with Crippen LogP contribution in [0.4, 0.5) is 20.4 Å². The van der Waals surface area contributed by atoms with Gasteiger partial charge >= 0.3 is 0 Å². The first kappa shape index (κ1) is 33.7. The monoisotopic (exact) mass is 677 g/mol. The van der Waals surface area contributed by atoms with E-state index in [-0.39, 0.29) is 30.0 Å². The number of piperazine rings is 1. The second-order valence-electron chi connectivity index (χ2n) is 14.8. The summed E-state index contributed by atoms with van der Waals surface area (Å²) >= 11 is 0. The molecule has 10 nitrogen and oxygen atoms in total. The van der Waals surface area contributed by atoms with Crippen molar-refractivity contribution in [2.24, 2.45) is 28.2 Å². The van der Waals surface area contributed by atoms with E-state index >= 15 is 0 Å². The Morgan fingerprint density at radius 1 is 1.16 bits per heavy atom. The quantitative estimate of drug-likeness (QED) is 0.262. The van der Waals surface area contributed by atoms with E-state index in [1.54, 1.807) is 22.8 Å². The number of guanidine groups is 1. The molecule has 12 heteroatoms. The van der Waals surface area contributed by atoms with E-state index in [1.165, 1.54) is 19.6 Å². The summed E-state index contributed by atoms with van der Waals surface area (Å²) in [6.07, 6.45) is 2.65. The summed E-state index contributed by atoms with van der Waals surface area (Å²) < 4.78 is 41.1. The zero-order chi connectivity index (χ0) is 34.3. The molecule has 2 aromatic carbocycles. The number of methoxy groups -OCH3 is 1. The van der Waals surface area contributed by atoms with Gasteiger partial charge < -0.3 is 29.9 Å². The van der Waals surface area contributed by atoms with Crippen LogP contribution in [0.2, 0.25) is 0 Å². The number of rotatable bonds is 8. The van der Waals surface area contributed by atoms with Gasteiger partial charge in [0.2, 0.25) is 5.95 Å². The molecule has 2 bridgehead atoms.